The van der Waals surface area contributed by atoms with E-state index in [1.807, 2.05) is 37.3 Å². The van der Waals surface area contributed by atoms with Gasteiger partial charge in [0.05, 0.1) is 24.8 Å². The Morgan fingerprint density at radius 1 is 1.38 bits per heavy atom. The van der Waals surface area contributed by atoms with Crippen LogP contribution in [0.25, 0.3) is 0 Å². The number of methoxy groups -OCH3 is 1. The molecule has 1 N–H and O–H groups in total. The molecule has 1 saturated heterocycles. The van der Waals surface area contributed by atoms with Crippen molar-refractivity contribution in [3.05, 3.63) is 58.4 Å². The van der Waals surface area contributed by atoms with Crippen LogP contribution in [-0.4, -0.2) is 41.2 Å². The number of aryl methyl sites for hydroxylation is 1. The average Bonchev–Trinajstić information content (AvgIpc) is 2.62. The highest BCUT2D eigenvalue weighted by molar-refractivity contribution is 6.30. The Balaban J connectivity index is 2.08. The van der Waals surface area contributed by atoms with Crippen molar-refractivity contribution < 1.29 is 14.6 Å². The Morgan fingerprint density at radius 3 is 2.88 bits per heavy atom. The van der Waals surface area contributed by atoms with Gasteiger partial charge in [-0.2, -0.15) is 0 Å². The maximum absolute atomic E-state index is 11.5. The molecular formula is C20H23ClN2O3. The molecule has 2 aromatic rings. The van der Waals surface area contributed by atoms with Gasteiger partial charge in [0.2, 0.25) is 0 Å². The summed E-state index contributed by atoms with van der Waals surface area (Å²) in [6.07, 6.45) is 1.54. The number of likely N-dealkylation sites (tertiary alicyclic amines) is 1. The molecule has 1 aliphatic rings. The Bertz CT molecular complexity index is 796. The van der Waals surface area contributed by atoms with Crippen molar-refractivity contribution in [3.8, 4) is 5.75 Å². The molecule has 1 aliphatic heterocycles. The lowest BCUT2D eigenvalue weighted by Crippen LogP contribution is -2.41. The number of benzene rings is 1. The molecule has 0 amide bonds. The first-order valence-corrected chi connectivity index (χ1v) is 9.11. The predicted octanol–water partition coefficient (Wildman–Crippen LogP) is 3.94. The van der Waals surface area contributed by atoms with Gasteiger partial charge in [0.15, 0.2) is 0 Å². The lowest BCUT2D eigenvalue weighted by Gasteiger charge is -2.37. The van der Waals surface area contributed by atoms with Crippen LogP contribution in [0.15, 0.2) is 36.4 Å². The molecule has 0 spiro atoms. The van der Waals surface area contributed by atoms with Gasteiger partial charge >= 0.3 is 5.97 Å². The van der Waals surface area contributed by atoms with Crippen molar-refractivity contribution in [3.63, 3.8) is 0 Å². The predicted molar refractivity (Wildman–Crippen MR) is 101 cm³/mol. The lowest BCUT2D eigenvalue weighted by atomic mass is 9.93. The smallest absolute Gasteiger partial charge is 0.307 e. The number of carboxylic acids is 1. The minimum Gasteiger partial charge on any atom is -0.496 e. The van der Waals surface area contributed by atoms with Crippen LogP contribution in [0.3, 0.4) is 0 Å². The summed E-state index contributed by atoms with van der Waals surface area (Å²) in [5.74, 6) is -0.398. The number of rotatable bonds is 5. The molecule has 0 radical (unpaired) electrons. The summed E-state index contributed by atoms with van der Waals surface area (Å²) >= 11 is 6.27. The molecule has 3 rings (SSSR count). The van der Waals surface area contributed by atoms with E-state index in [0.29, 0.717) is 18.0 Å². The second-order valence-corrected chi connectivity index (χ2v) is 7.10. The van der Waals surface area contributed by atoms with E-state index in [0.717, 1.165) is 35.7 Å². The number of aromatic nitrogens is 1. The van der Waals surface area contributed by atoms with Crippen LogP contribution in [0.2, 0.25) is 5.02 Å². The number of nitrogens with zero attached hydrogens (tertiary/aromatic N) is 2. The summed E-state index contributed by atoms with van der Waals surface area (Å²) in [5, 5.41) is 10.1. The van der Waals surface area contributed by atoms with E-state index < -0.39 is 5.97 Å². The van der Waals surface area contributed by atoms with E-state index in [2.05, 4.69) is 4.90 Å². The summed E-state index contributed by atoms with van der Waals surface area (Å²) in [4.78, 5) is 18.4. The standard InChI is InChI=1S/C20H23ClN2O3/c1-13-5-3-7-17(22-13)19(16-11-15(21)8-9-18(16)26-2)23-10-4-6-14(12-23)20(24)25/h3,5,7-9,11,14,19H,4,6,10,12H2,1-2H3,(H,24,25). The molecule has 2 heterocycles. The van der Waals surface area contributed by atoms with Crippen LogP contribution in [0.5, 0.6) is 5.75 Å². The van der Waals surface area contributed by atoms with Crippen molar-refractivity contribution in [1.29, 1.82) is 0 Å². The summed E-state index contributed by atoms with van der Waals surface area (Å²) in [6.45, 7) is 3.23. The summed E-state index contributed by atoms with van der Waals surface area (Å²) in [6, 6.07) is 11.2. The van der Waals surface area contributed by atoms with E-state index in [9.17, 15) is 9.90 Å². The molecule has 1 fully saturated rings. The highest BCUT2D eigenvalue weighted by Crippen LogP contribution is 2.37. The third-order valence-corrected chi connectivity index (χ3v) is 5.08. The zero-order chi connectivity index (χ0) is 18.7. The Morgan fingerprint density at radius 2 is 2.19 bits per heavy atom. The second kappa shape index (κ2) is 8.06. The fourth-order valence-electron chi connectivity index (χ4n) is 3.62. The molecule has 0 saturated carbocycles. The van der Waals surface area contributed by atoms with Gasteiger partial charge < -0.3 is 9.84 Å². The van der Waals surface area contributed by atoms with Gasteiger partial charge in [0.25, 0.3) is 0 Å². The van der Waals surface area contributed by atoms with Crippen LogP contribution in [0.1, 0.15) is 35.8 Å². The van der Waals surface area contributed by atoms with Gasteiger partial charge in [-0.1, -0.05) is 17.7 Å². The van der Waals surface area contributed by atoms with Crippen LogP contribution in [-0.2, 0) is 4.79 Å². The van der Waals surface area contributed by atoms with E-state index in [1.165, 1.54) is 0 Å². The Labute approximate surface area is 158 Å². The van der Waals surface area contributed by atoms with E-state index in [1.54, 1.807) is 13.2 Å². The van der Waals surface area contributed by atoms with Gasteiger partial charge in [0, 0.05) is 22.8 Å². The first kappa shape index (κ1) is 18.7. The highest BCUT2D eigenvalue weighted by Gasteiger charge is 2.33. The second-order valence-electron chi connectivity index (χ2n) is 6.66. The molecule has 2 atom stereocenters. The van der Waals surface area contributed by atoms with Gasteiger partial charge in [-0.15, -0.1) is 0 Å². The largest absolute Gasteiger partial charge is 0.496 e. The Kier molecular flexibility index (Phi) is 5.79. The fraction of sp³-hybridized carbons (Fsp3) is 0.400. The van der Waals surface area contributed by atoms with Crippen molar-refractivity contribution in [2.45, 2.75) is 25.8 Å². The molecular weight excluding hydrogens is 352 g/mol. The van der Waals surface area contributed by atoms with Gasteiger partial charge in [-0.05, 0) is 56.6 Å². The average molecular weight is 375 g/mol. The number of halogens is 1. The number of carbonyl (C=O) groups is 1. The number of ether oxygens (including phenoxy) is 1. The van der Waals surface area contributed by atoms with Gasteiger partial charge in [-0.25, -0.2) is 0 Å². The molecule has 2 unspecified atom stereocenters. The number of piperidine rings is 1. The van der Waals surface area contributed by atoms with Crippen molar-refractivity contribution in [2.24, 2.45) is 5.92 Å². The highest BCUT2D eigenvalue weighted by atomic mass is 35.5. The molecule has 5 nitrogen and oxygen atoms in total. The molecule has 138 valence electrons. The third-order valence-electron chi connectivity index (χ3n) is 4.84. The maximum Gasteiger partial charge on any atom is 0.307 e. The summed E-state index contributed by atoms with van der Waals surface area (Å²) < 4.78 is 5.57. The lowest BCUT2D eigenvalue weighted by molar-refractivity contribution is -0.143. The van der Waals surface area contributed by atoms with E-state index in [4.69, 9.17) is 21.3 Å². The molecule has 0 bridgehead atoms. The van der Waals surface area contributed by atoms with Crippen LogP contribution in [0, 0.1) is 12.8 Å². The summed E-state index contributed by atoms with van der Waals surface area (Å²) in [5.41, 5.74) is 2.70. The molecule has 0 aliphatic carbocycles. The monoisotopic (exact) mass is 374 g/mol. The normalized spacial score (nSPS) is 19.1. The zero-order valence-corrected chi connectivity index (χ0v) is 15.7. The number of hydrogen-bond acceptors (Lipinski definition) is 4. The number of aliphatic carboxylic acids is 1. The molecule has 1 aromatic heterocycles. The quantitative estimate of drug-likeness (QED) is 0.858. The minimum absolute atomic E-state index is 0.203. The number of carboxylic acid groups (broad SMARTS) is 1. The topological polar surface area (TPSA) is 62.7 Å². The van der Waals surface area contributed by atoms with E-state index >= 15 is 0 Å². The van der Waals surface area contributed by atoms with Crippen LogP contribution >= 0.6 is 11.6 Å². The first-order valence-electron chi connectivity index (χ1n) is 8.73. The Hall–Kier alpha value is -2.11. The fourth-order valence-corrected chi connectivity index (χ4v) is 3.80. The number of pyridine rings is 1. The first-order chi connectivity index (χ1) is 12.5. The van der Waals surface area contributed by atoms with Crippen molar-refractivity contribution >= 4 is 17.6 Å². The van der Waals surface area contributed by atoms with Crippen molar-refractivity contribution in [1.82, 2.24) is 9.88 Å². The SMILES string of the molecule is COc1ccc(Cl)cc1C(c1cccc(C)n1)N1CCCC(C(=O)O)C1. The molecule has 6 heteroatoms. The molecule has 1 aromatic carbocycles. The van der Waals surface area contributed by atoms with Gasteiger partial charge in [0.1, 0.15) is 5.75 Å². The van der Waals surface area contributed by atoms with E-state index in [-0.39, 0.29) is 12.0 Å². The summed E-state index contributed by atoms with van der Waals surface area (Å²) in [7, 11) is 1.63. The third kappa shape index (κ3) is 4.00. The molecule has 26 heavy (non-hydrogen) atoms. The van der Waals surface area contributed by atoms with Crippen molar-refractivity contribution in [2.75, 3.05) is 20.2 Å². The van der Waals surface area contributed by atoms with Crippen LogP contribution < -0.4 is 4.74 Å². The minimum atomic E-state index is -0.747. The van der Waals surface area contributed by atoms with Gasteiger partial charge in [-0.3, -0.25) is 14.7 Å². The maximum atomic E-state index is 11.5. The van der Waals surface area contributed by atoms with Crippen LogP contribution in [0.4, 0.5) is 0 Å². The number of hydrogen-bond donors (Lipinski definition) is 1. The zero-order valence-electron chi connectivity index (χ0n) is 15.0.